The average Bonchev–Trinajstić information content (AvgIpc) is 2.53. The molecule has 0 N–H and O–H groups in total. The third-order valence-electron chi connectivity index (χ3n) is 4.07. The van der Waals surface area contributed by atoms with Gasteiger partial charge >= 0.3 is 6.18 Å². The van der Waals surface area contributed by atoms with Crippen LogP contribution in [0.3, 0.4) is 0 Å². The van der Waals surface area contributed by atoms with E-state index in [9.17, 15) is 13.2 Å². The molecule has 1 atom stereocenters. The van der Waals surface area contributed by atoms with Gasteiger partial charge in [0, 0.05) is 38.6 Å². The van der Waals surface area contributed by atoms with E-state index in [1.807, 2.05) is 0 Å². The maximum absolute atomic E-state index is 12.8. The molecule has 0 radical (unpaired) electrons. The van der Waals surface area contributed by atoms with E-state index in [1.54, 1.807) is 6.07 Å². The first-order valence-corrected chi connectivity index (χ1v) is 8.69. The summed E-state index contributed by atoms with van der Waals surface area (Å²) in [5.41, 5.74) is -0.127. The van der Waals surface area contributed by atoms with Crippen LogP contribution in [0.25, 0.3) is 0 Å². The lowest BCUT2D eigenvalue weighted by molar-refractivity contribution is -0.137. The largest absolute Gasteiger partial charge is 0.416 e. The van der Waals surface area contributed by atoms with Crippen LogP contribution in [0, 0.1) is 0 Å². The van der Waals surface area contributed by atoms with Crippen LogP contribution in [0.2, 0.25) is 0 Å². The zero-order chi connectivity index (χ0) is 16.9. The topological polar surface area (TPSA) is 6.48 Å². The molecular weight excluding hydrogens is 384 g/mol. The van der Waals surface area contributed by atoms with Crippen LogP contribution in [0.1, 0.15) is 22.9 Å². The van der Waals surface area contributed by atoms with Gasteiger partial charge in [0.25, 0.3) is 0 Å². The van der Waals surface area contributed by atoms with Crippen LogP contribution in [-0.2, 0) is 6.18 Å². The Kier molecular flexibility index (Phi) is 9.17. The van der Waals surface area contributed by atoms with Crippen molar-refractivity contribution in [2.45, 2.75) is 18.0 Å². The molecule has 0 spiro atoms. The van der Waals surface area contributed by atoms with Crippen LogP contribution in [-0.4, -0.2) is 54.9 Å². The normalized spacial score (nSPS) is 18.2. The minimum absolute atomic E-state index is 0. The highest BCUT2D eigenvalue weighted by molar-refractivity contribution is 6.21. The number of piperazine rings is 1. The zero-order valence-corrected chi connectivity index (χ0v) is 15.6. The third-order valence-corrected chi connectivity index (χ3v) is 4.72. The highest BCUT2D eigenvalue weighted by Gasteiger charge is 2.31. The SMILES string of the molecule is Cl.FC(F)(F)c1cccc(C(Cl)CN2CCN(CCCCl)CC2)c1. The van der Waals surface area contributed by atoms with E-state index in [2.05, 4.69) is 9.80 Å². The molecule has 8 heteroatoms. The summed E-state index contributed by atoms with van der Waals surface area (Å²) < 4.78 is 38.3. The first kappa shape index (κ1) is 21.8. The summed E-state index contributed by atoms with van der Waals surface area (Å²) in [7, 11) is 0. The molecule has 1 aliphatic rings. The predicted molar refractivity (Wildman–Crippen MR) is 95.5 cm³/mol. The average molecular weight is 406 g/mol. The number of nitrogens with zero attached hydrogens (tertiary/aromatic N) is 2. The van der Waals surface area contributed by atoms with Gasteiger partial charge in [-0.05, 0) is 24.6 Å². The molecule has 24 heavy (non-hydrogen) atoms. The molecule has 0 amide bonds. The molecule has 1 heterocycles. The fourth-order valence-corrected chi connectivity index (χ4v) is 3.17. The molecule has 2 nitrogen and oxygen atoms in total. The molecule has 1 aromatic rings. The molecular formula is C16H22Cl3F3N2. The van der Waals surface area contributed by atoms with Gasteiger partial charge < -0.3 is 4.90 Å². The second-order valence-electron chi connectivity index (χ2n) is 5.78. The van der Waals surface area contributed by atoms with Gasteiger partial charge in [0.15, 0.2) is 0 Å². The van der Waals surface area contributed by atoms with Crippen molar-refractivity contribution in [3.63, 3.8) is 0 Å². The molecule has 0 bridgehead atoms. The van der Waals surface area contributed by atoms with Crippen LogP contribution in [0.15, 0.2) is 24.3 Å². The molecule has 1 fully saturated rings. The van der Waals surface area contributed by atoms with Crippen molar-refractivity contribution in [3.05, 3.63) is 35.4 Å². The molecule has 0 saturated carbocycles. The number of rotatable bonds is 6. The van der Waals surface area contributed by atoms with E-state index in [0.29, 0.717) is 18.0 Å². The standard InChI is InChI=1S/C16H21Cl2F3N2.ClH/c17-5-2-6-22-7-9-23(10-8-22)12-15(18)13-3-1-4-14(11-13)16(19,20)21;/h1,3-4,11,15H,2,5-10,12H2;1H. The number of hydrogen-bond donors (Lipinski definition) is 0. The second-order valence-corrected chi connectivity index (χ2v) is 6.68. The van der Waals surface area contributed by atoms with E-state index in [-0.39, 0.29) is 12.4 Å². The molecule has 1 aliphatic heterocycles. The van der Waals surface area contributed by atoms with Crippen LogP contribution in [0.4, 0.5) is 13.2 Å². The van der Waals surface area contributed by atoms with Gasteiger partial charge in [0.2, 0.25) is 0 Å². The van der Waals surface area contributed by atoms with E-state index < -0.39 is 17.1 Å². The van der Waals surface area contributed by atoms with E-state index in [1.165, 1.54) is 6.07 Å². The molecule has 0 aliphatic carbocycles. The van der Waals surface area contributed by atoms with Crippen LogP contribution in [0.5, 0.6) is 0 Å². The van der Waals surface area contributed by atoms with Gasteiger partial charge in [-0.1, -0.05) is 18.2 Å². The van der Waals surface area contributed by atoms with Gasteiger partial charge in [0.05, 0.1) is 10.9 Å². The van der Waals surface area contributed by atoms with Crippen LogP contribution >= 0.6 is 35.6 Å². The van der Waals surface area contributed by atoms with E-state index in [0.717, 1.165) is 51.3 Å². The van der Waals surface area contributed by atoms with Crippen molar-refractivity contribution in [1.29, 1.82) is 0 Å². The van der Waals surface area contributed by atoms with Crippen molar-refractivity contribution in [3.8, 4) is 0 Å². The van der Waals surface area contributed by atoms with Crippen molar-refractivity contribution >= 4 is 35.6 Å². The van der Waals surface area contributed by atoms with Gasteiger partial charge in [-0.3, -0.25) is 4.90 Å². The maximum Gasteiger partial charge on any atom is 0.416 e. The minimum Gasteiger partial charge on any atom is -0.301 e. The summed E-state index contributed by atoms with van der Waals surface area (Å²) in [4.78, 5) is 4.56. The number of hydrogen-bond acceptors (Lipinski definition) is 2. The summed E-state index contributed by atoms with van der Waals surface area (Å²) >= 11 is 12.0. The summed E-state index contributed by atoms with van der Waals surface area (Å²) in [6.07, 6.45) is -3.36. The molecule has 1 unspecified atom stereocenters. The van der Waals surface area contributed by atoms with Crippen molar-refractivity contribution in [2.24, 2.45) is 0 Å². The molecule has 2 rings (SSSR count). The van der Waals surface area contributed by atoms with Gasteiger partial charge in [0.1, 0.15) is 0 Å². The van der Waals surface area contributed by atoms with E-state index in [4.69, 9.17) is 23.2 Å². The quantitative estimate of drug-likeness (QED) is 0.636. The lowest BCUT2D eigenvalue weighted by Crippen LogP contribution is -2.47. The number of benzene rings is 1. The monoisotopic (exact) mass is 404 g/mol. The molecule has 138 valence electrons. The van der Waals surface area contributed by atoms with Gasteiger partial charge in [-0.15, -0.1) is 35.6 Å². The summed E-state index contributed by atoms with van der Waals surface area (Å²) in [6, 6.07) is 5.29. The van der Waals surface area contributed by atoms with E-state index >= 15 is 0 Å². The van der Waals surface area contributed by atoms with Crippen molar-refractivity contribution in [2.75, 3.05) is 45.1 Å². The Hall–Kier alpha value is -0.200. The smallest absolute Gasteiger partial charge is 0.301 e. The Balaban J connectivity index is 0.00000288. The fraction of sp³-hybridized carbons (Fsp3) is 0.625. The highest BCUT2D eigenvalue weighted by atomic mass is 35.5. The Morgan fingerprint density at radius 1 is 1.08 bits per heavy atom. The summed E-state index contributed by atoms with van der Waals surface area (Å²) in [5.74, 6) is 0.666. The maximum atomic E-state index is 12.8. The third kappa shape index (κ3) is 6.60. The molecule has 0 aromatic heterocycles. The van der Waals surface area contributed by atoms with Crippen molar-refractivity contribution in [1.82, 2.24) is 9.80 Å². The molecule has 1 aromatic carbocycles. The molecule has 1 saturated heterocycles. The first-order valence-electron chi connectivity index (χ1n) is 7.72. The highest BCUT2D eigenvalue weighted by Crippen LogP contribution is 2.32. The minimum atomic E-state index is -4.33. The first-order chi connectivity index (χ1) is 10.9. The fourth-order valence-electron chi connectivity index (χ4n) is 2.72. The zero-order valence-electron chi connectivity index (χ0n) is 13.2. The predicted octanol–water partition coefficient (Wildman–Crippen LogP) is 4.65. The summed E-state index contributed by atoms with van der Waals surface area (Å²) in [6.45, 7) is 5.21. The van der Waals surface area contributed by atoms with Gasteiger partial charge in [-0.25, -0.2) is 0 Å². The Morgan fingerprint density at radius 2 is 1.71 bits per heavy atom. The van der Waals surface area contributed by atoms with Gasteiger partial charge in [-0.2, -0.15) is 13.2 Å². The lowest BCUT2D eigenvalue weighted by Gasteiger charge is -2.35. The van der Waals surface area contributed by atoms with Crippen LogP contribution < -0.4 is 0 Å². The van der Waals surface area contributed by atoms with Crippen molar-refractivity contribution < 1.29 is 13.2 Å². The Morgan fingerprint density at radius 3 is 2.29 bits per heavy atom. The summed E-state index contributed by atoms with van der Waals surface area (Å²) in [5, 5.41) is -0.438. The lowest BCUT2D eigenvalue weighted by atomic mass is 10.1. The number of alkyl halides is 5. The Bertz CT molecular complexity index is 492. The Labute approximate surface area is 157 Å². The second kappa shape index (κ2) is 10.1. The number of halogens is 6.